The van der Waals surface area contributed by atoms with Crippen molar-refractivity contribution >= 4 is 22.6 Å². The first kappa shape index (κ1) is 15.4. The first-order valence-electron chi connectivity index (χ1n) is 6.78. The Kier molecular flexibility index (Phi) is 5.16. The van der Waals surface area contributed by atoms with E-state index in [1.165, 1.54) is 22.8 Å². The van der Waals surface area contributed by atoms with Gasteiger partial charge in [-0.25, -0.2) is 4.39 Å². The molecule has 0 heterocycles. The third kappa shape index (κ3) is 3.38. The molecule has 1 unspecified atom stereocenters. The van der Waals surface area contributed by atoms with Crippen LogP contribution in [-0.4, -0.2) is 6.54 Å². The summed E-state index contributed by atoms with van der Waals surface area (Å²) in [6.07, 6.45) is 0. The molecule has 0 spiro atoms. The molecular weight excluding hydrogens is 364 g/mol. The quantitative estimate of drug-likeness (QED) is 0.752. The monoisotopic (exact) mass is 383 g/mol. The number of hydrogen-bond acceptors (Lipinski definition) is 1. The van der Waals surface area contributed by atoms with Gasteiger partial charge in [0.25, 0.3) is 0 Å². The molecule has 1 nitrogen and oxygen atoms in total. The smallest absolute Gasteiger partial charge is 0.124 e. The van der Waals surface area contributed by atoms with Crippen molar-refractivity contribution in [3.63, 3.8) is 0 Å². The summed E-state index contributed by atoms with van der Waals surface area (Å²) < 4.78 is 14.3. The minimum Gasteiger partial charge on any atom is -0.306 e. The van der Waals surface area contributed by atoms with E-state index in [0.29, 0.717) is 0 Å². The van der Waals surface area contributed by atoms with Gasteiger partial charge in [-0.2, -0.15) is 0 Å². The fraction of sp³-hybridized carbons (Fsp3) is 0.294. The van der Waals surface area contributed by atoms with Gasteiger partial charge in [-0.1, -0.05) is 36.8 Å². The summed E-state index contributed by atoms with van der Waals surface area (Å²) in [4.78, 5) is 0. The molecule has 2 rings (SSSR count). The van der Waals surface area contributed by atoms with Crippen molar-refractivity contribution < 1.29 is 4.39 Å². The number of aryl methyl sites for hydroxylation is 2. The lowest BCUT2D eigenvalue weighted by atomic mass is 9.94. The van der Waals surface area contributed by atoms with E-state index in [0.717, 1.165) is 15.7 Å². The van der Waals surface area contributed by atoms with Crippen LogP contribution in [0.2, 0.25) is 0 Å². The highest BCUT2D eigenvalue weighted by Gasteiger charge is 2.18. The van der Waals surface area contributed by atoms with Crippen LogP contribution in [0.5, 0.6) is 0 Å². The topological polar surface area (TPSA) is 12.0 Å². The minimum absolute atomic E-state index is 0.105. The second kappa shape index (κ2) is 6.68. The highest BCUT2D eigenvalue weighted by molar-refractivity contribution is 14.1. The summed E-state index contributed by atoms with van der Waals surface area (Å²) in [6.45, 7) is 7.18. The Bertz CT molecular complexity index is 558. The van der Waals surface area contributed by atoms with Crippen molar-refractivity contribution in [1.82, 2.24) is 5.32 Å². The van der Waals surface area contributed by atoms with Crippen LogP contribution in [0, 0.1) is 23.2 Å². The molecule has 20 heavy (non-hydrogen) atoms. The Balaban J connectivity index is 2.50. The maximum Gasteiger partial charge on any atom is 0.124 e. The second-order valence-corrected chi connectivity index (χ2v) is 6.18. The van der Waals surface area contributed by atoms with E-state index >= 15 is 0 Å². The molecule has 106 valence electrons. The second-order valence-electron chi connectivity index (χ2n) is 5.02. The average Bonchev–Trinajstić information content (AvgIpc) is 2.37. The van der Waals surface area contributed by atoms with Crippen LogP contribution in [0.3, 0.4) is 0 Å². The van der Waals surface area contributed by atoms with E-state index in [1.807, 2.05) is 6.07 Å². The van der Waals surface area contributed by atoms with Gasteiger partial charge in [-0.15, -0.1) is 0 Å². The Morgan fingerprint density at radius 3 is 2.40 bits per heavy atom. The standard InChI is InChI=1S/C17H19FIN/c1-4-20-17(14-7-5-11(2)9-12(14)3)15-8-6-13(18)10-16(15)19/h5-10,17,20H,4H2,1-3H3. The number of hydrogen-bond donors (Lipinski definition) is 1. The highest BCUT2D eigenvalue weighted by Crippen LogP contribution is 2.29. The molecule has 1 N–H and O–H groups in total. The zero-order valence-corrected chi connectivity index (χ0v) is 14.2. The molecular formula is C17H19FIN. The summed E-state index contributed by atoms with van der Waals surface area (Å²) >= 11 is 2.21. The predicted octanol–water partition coefficient (Wildman–Crippen LogP) is 4.75. The summed E-state index contributed by atoms with van der Waals surface area (Å²) in [5, 5.41) is 3.51. The van der Waals surface area contributed by atoms with Crippen LogP contribution < -0.4 is 5.32 Å². The van der Waals surface area contributed by atoms with Crippen LogP contribution in [0.4, 0.5) is 4.39 Å². The lowest BCUT2D eigenvalue weighted by molar-refractivity contribution is 0.609. The van der Waals surface area contributed by atoms with Crippen molar-refractivity contribution in [2.24, 2.45) is 0 Å². The van der Waals surface area contributed by atoms with Gasteiger partial charge in [0.15, 0.2) is 0 Å². The number of rotatable bonds is 4. The zero-order valence-electron chi connectivity index (χ0n) is 12.0. The number of nitrogens with one attached hydrogen (secondary N) is 1. The van der Waals surface area contributed by atoms with Crippen LogP contribution in [0.15, 0.2) is 36.4 Å². The molecule has 0 bridgehead atoms. The van der Waals surface area contributed by atoms with Crippen molar-refractivity contribution in [2.45, 2.75) is 26.8 Å². The Hall–Kier alpha value is -0.940. The lowest BCUT2D eigenvalue weighted by Gasteiger charge is -2.22. The third-order valence-electron chi connectivity index (χ3n) is 3.42. The van der Waals surface area contributed by atoms with E-state index < -0.39 is 0 Å². The summed E-state index contributed by atoms with van der Waals surface area (Å²) in [7, 11) is 0. The Labute approximate surface area is 133 Å². The lowest BCUT2D eigenvalue weighted by Crippen LogP contribution is -2.23. The third-order valence-corrected chi connectivity index (χ3v) is 4.35. The van der Waals surface area contributed by atoms with E-state index in [-0.39, 0.29) is 11.9 Å². The molecule has 0 aliphatic carbocycles. The average molecular weight is 383 g/mol. The van der Waals surface area contributed by atoms with Crippen LogP contribution in [-0.2, 0) is 0 Å². The van der Waals surface area contributed by atoms with Gasteiger partial charge in [0.1, 0.15) is 5.82 Å². The molecule has 2 aromatic carbocycles. The molecule has 2 aromatic rings. The molecule has 0 radical (unpaired) electrons. The van der Waals surface area contributed by atoms with Crippen molar-refractivity contribution in [3.05, 3.63) is 68.0 Å². The molecule has 0 saturated carbocycles. The van der Waals surface area contributed by atoms with Crippen LogP contribution in [0.25, 0.3) is 0 Å². The van der Waals surface area contributed by atoms with E-state index in [9.17, 15) is 4.39 Å². The SMILES string of the molecule is CCNC(c1ccc(C)cc1C)c1ccc(F)cc1I. The van der Waals surface area contributed by atoms with Gasteiger partial charge in [0, 0.05) is 3.57 Å². The van der Waals surface area contributed by atoms with Gasteiger partial charge < -0.3 is 5.32 Å². The van der Waals surface area contributed by atoms with E-state index in [4.69, 9.17) is 0 Å². The minimum atomic E-state index is -0.186. The summed E-state index contributed by atoms with van der Waals surface area (Å²) in [5.74, 6) is -0.186. The molecule has 0 aliphatic rings. The molecule has 0 aliphatic heterocycles. The molecule has 1 atom stereocenters. The number of benzene rings is 2. The van der Waals surface area contributed by atoms with Crippen molar-refractivity contribution in [3.8, 4) is 0 Å². The maximum atomic E-state index is 13.3. The molecule has 0 amide bonds. The Morgan fingerprint density at radius 1 is 1.10 bits per heavy atom. The van der Waals surface area contributed by atoms with E-state index in [2.05, 4.69) is 66.9 Å². The fourth-order valence-corrected chi connectivity index (χ4v) is 3.27. The first-order valence-corrected chi connectivity index (χ1v) is 7.86. The summed E-state index contributed by atoms with van der Waals surface area (Å²) in [5.41, 5.74) is 4.90. The first-order chi connectivity index (χ1) is 9.52. The predicted molar refractivity (Wildman–Crippen MR) is 90.6 cm³/mol. The maximum absolute atomic E-state index is 13.3. The van der Waals surface area contributed by atoms with E-state index in [1.54, 1.807) is 6.07 Å². The van der Waals surface area contributed by atoms with Crippen LogP contribution in [0.1, 0.15) is 35.2 Å². The van der Waals surface area contributed by atoms with Gasteiger partial charge in [0.05, 0.1) is 6.04 Å². The van der Waals surface area contributed by atoms with Gasteiger partial charge in [0.2, 0.25) is 0 Å². The van der Waals surface area contributed by atoms with Crippen molar-refractivity contribution in [2.75, 3.05) is 6.54 Å². The molecule has 0 saturated heterocycles. The largest absolute Gasteiger partial charge is 0.306 e. The number of halogens is 2. The van der Waals surface area contributed by atoms with Crippen molar-refractivity contribution in [1.29, 1.82) is 0 Å². The molecule has 0 aromatic heterocycles. The fourth-order valence-electron chi connectivity index (χ4n) is 2.48. The van der Waals surface area contributed by atoms with Gasteiger partial charge >= 0.3 is 0 Å². The van der Waals surface area contributed by atoms with Gasteiger partial charge in [-0.3, -0.25) is 0 Å². The Morgan fingerprint density at radius 2 is 1.80 bits per heavy atom. The summed E-state index contributed by atoms with van der Waals surface area (Å²) in [6, 6.07) is 11.6. The normalized spacial score (nSPS) is 12.4. The van der Waals surface area contributed by atoms with Gasteiger partial charge in [-0.05, 0) is 71.8 Å². The molecule has 3 heteroatoms. The zero-order chi connectivity index (χ0) is 14.7. The molecule has 0 fully saturated rings. The van der Waals surface area contributed by atoms with Crippen LogP contribution >= 0.6 is 22.6 Å². The highest BCUT2D eigenvalue weighted by atomic mass is 127.